The summed E-state index contributed by atoms with van der Waals surface area (Å²) in [7, 11) is 0. The minimum Gasteiger partial charge on any atom is -0.508 e. The topological polar surface area (TPSA) is 49.7 Å². The van der Waals surface area contributed by atoms with Crippen molar-refractivity contribution in [2.45, 2.75) is 78.1 Å². The minimum absolute atomic E-state index is 0.276. The molecule has 0 saturated carbocycles. The first-order chi connectivity index (χ1) is 13.1. The van der Waals surface area contributed by atoms with E-state index >= 15 is 0 Å². The van der Waals surface area contributed by atoms with Gasteiger partial charge in [0.05, 0.1) is 0 Å². The predicted molar refractivity (Wildman–Crippen MR) is 112 cm³/mol. The Morgan fingerprint density at radius 1 is 0.630 bits per heavy atom. The Morgan fingerprint density at radius 2 is 1.07 bits per heavy atom. The quantitative estimate of drug-likeness (QED) is 0.390. The van der Waals surface area contributed by atoms with E-state index in [4.69, 9.17) is 4.74 Å². The number of aromatic hydroxyl groups is 2. The summed E-state index contributed by atoms with van der Waals surface area (Å²) in [6.45, 7) is 4.41. The maximum atomic E-state index is 9.88. The molecule has 148 valence electrons. The van der Waals surface area contributed by atoms with Crippen LogP contribution in [-0.4, -0.2) is 10.2 Å². The average molecular weight is 371 g/mol. The molecule has 0 radical (unpaired) electrons. The molecule has 0 atom stereocenters. The Balaban J connectivity index is 2.13. The first kappa shape index (κ1) is 21.1. The number of aryl methyl sites for hydroxylation is 2. The molecule has 0 aliphatic rings. The van der Waals surface area contributed by atoms with Crippen molar-refractivity contribution in [3.8, 4) is 23.0 Å². The summed E-state index contributed by atoms with van der Waals surface area (Å²) in [4.78, 5) is 0. The fourth-order valence-corrected chi connectivity index (χ4v) is 3.32. The van der Waals surface area contributed by atoms with Gasteiger partial charge in [-0.15, -0.1) is 0 Å². The van der Waals surface area contributed by atoms with Crippen molar-refractivity contribution in [2.24, 2.45) is 0 Å². The van der Waals surface area contributed by atoms with Crippen molar-refractivity contribution in [2.75, 3.05) is 0 Å². The first-order valence-corrected chi connectivity index (χ1v) is 10.5. The first-order valence-electron chi connectivity index (χ1n) is 10.5. The van der Waals surface area contributed by atoms with Gasteiger partial charge < -0.3 is 14.9 Å². The van der Waals surface area contributed by atoms with Gasteiger partial charge in [0.2, 0.25) is 0 Å². The zero-order valence-electron chi connectivity index (χ0n) is 16.8. The summed E-state index contributed by atoms with van der Waals surface area (Å²) < 4.78 is 6.24. The third-order valence-electron chi connectivity index (χ3n) is 4.91. The van der Waals surface area contributed by atoms with E-state index in [-0.39, 0.29) is 11.5 Å². The zero-order chi connectivity index (χ0) is 19.5. The smallest absolute Gasteiger partial charge is 0.130 e. The van der Waals surface area contributed by atoms with Gasteiger partial charge in [-0.3, -0.25) is 0 Å². The lowest BCUT2D eigenvalue weighted by atomic mass is 10.0. The van der Waals surface area contributed by atoms with Gasteiger partial charge in [0.25, 0.3) is 0 Å². The fraction of sp³-hybridized carbons (Fsp3) is 0.500. The molecule has 0 aromatic heterocycles. The summed E-state index contributed by atoms with van der Waals surface area (Å²) >= 11 is 0. The van der Waals surface area contributed by atoms with Crippen LogP contribution < -0.4 is 4.74 Å². The number of rotatable bonds is 12. The highest BCUT2D eigenvalue weighted by Crippen LogP contribution is 2.33. The second kappa shape index (κ2) is 11.5. The highest BCUT2D eigenvalue weighted by Gasteiger charge is 2.11. The molecule has 2 aromatic carbocycles. The van der Waals surface area contributed by atoms with Crippen LogP contribution in [0, 0.1) is 0 Å². The summed E-state index contributed by atoms with van der Waals surface area (Å²) in [5.74, 6) is 2.14. The van der Waals surface area contributed by atoms with Crippen LogP contribution in [0.15, 0.2) is 36.4 Å². The molecule has 3 heteroatoms. The van der Waals surface area contributed by atoms with Crippen LogP contribution in [0.5, 0.6) is 23.0 Å². The third kappa shape index (κ3) is 7.16. The molecule has 0 heterocycles. The summed E-state index contributed by atoms with van der Waals surface area (Å²) in [5.41, 5.74) is 2.08. The third-order valence-corrected chi connectivity index (χ3v) is 4.91. The molecule has 2 N–H and O–H groups in total. The normalized spacial score (nSPS) is 10.9. The largest absolute Gasteiger partial charge is 0.508 e. The van der Waals surface area contributed by atoms with Gasteiger partial charge in [0.15, 0.2) is 0 Å². The van der Waals surface area contributed by atoms with E-state index in [1.165, 1.54) is 38.5 Å². The van der Waals surface area contributed by atoms with E-state index < -0.39 is 0 Å². The van der Waals surface area contributed by atoms with Crippen LogP contribution in [0.1, 0.15) is 76.3 Å². The lowest BCUT2D eigenvalue weighted by Crippen LogP contribution is -1.96. The maximum absolute atomic E-state index is 9.88. The molecule has 27 heavy (non-hydrogen) atoms. The fourth-order valence-electron chi connectivity index (χ4n) is 3.32. The van der Waals surface area contributed by atoms with Gasteiger partial charge in [0, 0.05) is 0 Å². The van der Waals surface area contributed by atoms with E-state index in [1.807, 2.05) is 24.3 Å². The van der Waals surface area contributed by atoms with Gasteiger partial charge in [-0.25, -0.2) is 0 Å². The van der Waals surface area contributed by atoms with Crippen LogP contribution in [0.25, 0.3) is 0 Å². The second-order valence-electron chi connectivity index (χ2n) is 7.31. The summed E-state index contributed by atoms with van der Waals surface area (Å²) in [5, 5.41) is 19.8. The molecular formula is C24H34O3. The second-order valence-corrected chi connectivity index (χ2v) is 7.31. The van der Waals surface area contributed by atoms with Crippen LogP contribution in [0.4, 0.5) is 0 Å². The number of hydrogen-bond donors (Lipinski definition) is 2. The predicted octanol–water partition coefficient (Wildman–Crippen LogP) is 7.14. The molecule has 0 amide bonds. The zero-order valence-corrected chi connectivity index (χ0v) is 16.8. The Morgan fingerprint density at radius 3 is 1.48 bits per heavy atom. The molecule has 0 fully saturated rings. The van der Waals surface area contributed by atoms with Gasteiger partial charge in [0.1, 0.15) is 23.0 Å². The van der Waals surface area contributed by atoms with E-state index in [1.54, 1.807) is 12.1 Å². The summed E-state index contributed by atoms with van der Waals surface area (Å²) in [6.07, 6.45) is 11.2. The lowest BCUT2D eigenvalue weighted by Gasteiger charge is -2.15. The van der Waals surface area contributed by atoms with E-state index in [0.717, 1.165) is 48.3 Å². The van der Waals surface area contributed by atoms with Crippen molar-refractivity contribution in [3.63, 3.8) is 0 Å². The van der Waals surface area contributed by atoms with Gasteiger partial charge in [-0.1, -0.05) is 52.4 Å². The van der Waals surface area contributed by atoms with Crippen LogP contribution in [0.3, 0.4) is 0 Å². The molecular weight excluding hydrogens is 336 g/mol. The molecule has 3 nitrogen and oxygen atoms in total. The Hall–Kier alpha value is -2.16. The molecule has 2 aromatic rings. The molecule has 2 rings (SSSR count). The van der Waals surface area contributed by atoms with Crippen LogP contribution >= 0.6 is 0 Å². The molecule has 0 spiro atoms. The number of unbranched alkanes of at least 4 members (excludes halogenated alkanes) is 6. The molecule has 0 aliphatic carbocycles. The van der Waals surface area contributed by atoms with E-state index in [2.05, 4.69) is 13.8 Å². The van der Waals surface area contributed by atoms with Crippen molar-refractivity contribution < 1.29 is 14.9 Å². The van der Waals surface area contributed by atoms with E-state index in [0.29, 0.717) is 0 Å². The highest BCUT2D eigenvalue weighted by molar-refractivity contribution is 5.46. The van der Waals surface area contributed by atoms with Crippen molar-refractivity contribution >= 4 is 0 Å². The number of ether oxygens (including phenoxy) is 1. The maximum Gasteiger partial charge on any atom is 0.130 e. The van der Waals surface area contributed by atoms with Crippen molar-refractivity contribution in [1.29, 1.82) is 0 Å². The Bertz CT molecular complexity index is 635. The number of phenolic OH excluding ortho intramolecular Hbond substituents is 2. The Labute approximate surface area is 164 Å². The van der Waals surface area contributed by atoms with Gasteiger partial charge in [-0.05, 0) is 73.2 Å². The molecule has 0 bridgehead atoms. The number of benzene rings is 2. The Kier molecular flexibility index (Phi) is 9.03. The van der Waals surface area contributed by atoms with Crippen molar-refractivity contribution in [3.05, 3.63) is 47.5 Å². The average Bonchev–Trinajstić information content (AvgIpc) is 2.66. The number of hydrogen-bond acceptors (Lipinski definition) is 3. The number of phenols is 2. The van der Waals surface area contributed by atoms with Gasteiger partial charge in [-0.2, -0.15) is 0 Å². The van der Waals surface area contributed by atoms with Crippen LogP contribution in [-0.2, 0) is 12.8 Å². The molecule has 0 unspecified atom stereocenters. The van der Waals surface area contributed by atoms with Crippen LogP contribution in [0.2, 0.25) is 0 Å². The minimum atomic E-state index is 0.276. The van der Waals surface area contributed by atoms with E-state index in [9.17, 15) is 10.2 Å². The monoisotopic (exact) mass is 370 g/mol. The van der Waals surface area contributed by atoms with Gasteiger partial charge >= 0.3 is 0 Å². The SMILES string of the molecule is CCCCCCc1cc(O)ccc1Oc1ccc(O)cc1CCCCCC. The summed E-state index contributed by atoms with van der Waals surface area (Å²) in [6, 6.07) is 10.7. The highest BCUT2D eigenvalue weighted by atomic mass is 16.5. The van der Waals surface area contributed by atoms with Crippen molar-refractivity contribution in [1.82, 2.24) is 0 Å². The molecule has 0 aliphatic heterocycles. The standard InChI is InChI=1S/C24H34O3/c1-3-5-7-9-11-19-17-21(25)13-15-23(19)27-24-16-14-22(26)18-20(24)12-10-8-6-4-2/h13-18,25-26H,3-12H2,1-2H3. The molecule has 0 saturated heterocycles. The lowest BCUT2D eigenvalue weighted by molar-refractivity contribution is 0.448.